The van der Waals surface area contributed by atoms with Crippen molar-refractivity contribution in [1.29, 1.82) is 0 Å². The second-order valence-electron chi connectivity index (χ2n) is 10.6. The van der Waals surface area contributed by atoms with Crippen LogP contribution in [0.15, 0.2) is 11.8 Å². The highest BCUT2D eigenvalue weighted by Crippen LogP contribution is 2.39. The van der Waals surface area contributed by atoms with E-state index < -0.39 is 35.0 Å². The molecule has 22 heavy (non-hydrogen) atoms. The van der Waals surface area contributed by atoms with Gasteiger partial charge in [0.1, 0.15) is 0 Å². The van der Waals surface area contributed by atoms with Gasteiger partial charge in [-0.2, -0.15) is 0 Å². The van der Waals surface area contributed by atoms with Gasteiger partial charge in [0.25, 0.3) is 0 Å². The quantitative estimate of drug-likeness (QED) is 0.634. The van der Waals surface area contributed by atoms with E-state index in [1.807, 2.05) is 0 Å². The van der Waals surface area contributed by atoms with Gasteiger partial charge in [-0.05, 0) is 12.8 Å². The SMILES string of the molecule is C[Si](C)(C)[Si](/C=C/C1(O)CCCCC1)([Si](C)(C)C)[Si](C)(C)C. The Hall–Kier alpha value is 0.568. The van der Waals surface area contributed by atoms with Gasteiger partial charge in [0.05, 0.1) is 12.2 Å². The van der Waals surface area contributed by atoms with Crippen molar-refractivity contribution in [2.45, 2.75) is 96.6 Å². The summed E-state index contributed by atoms with van der Waals surface area (Å²) in [6.07, 6.45) is 7.99. The molecule has 0 aromatic carbocycles. The maximum atomic E-state index is 11.0. The first-order valence-corrected chi connectivity index (χ1v) is 24.7. The lowest BCUT2D eigenvalue weighted by molar-refractivity contribution is 0.0515. The maximum Gasteiger partial charge on any atom is 0.0823 e. The van der Waals surface area contributed by atoms with Crippen molar-refractivity contribution in [3.63, 3.8) is 0 Å². The molecule has 1 N–H and O–H groups in total. The molecule has 0 heterocycles. The summed E-state index contributed by atoms with van der Waals surface area (Å²) in [5.41, 5.74) is 2.22. The first-order valence-electron chi connectivity index (χ1n) is 9.09. The first-order chi connectivity index (χ1) is 9.66. The van der Waals surface area contributed by atoms with Crippen LogP contribution in [0.1, 0.15) is 32.1 Å². The van der Waals surface area contributed by atoms with Gasteiger partial charge in [-0.15, -0.1) is 5.70 Å². The summed E-state index contributed by atoms with van der Waals surface area (Å²) >= 11 is 0. The van der Waals surface area contributed by atoms with Crippen LogP contribution in [0.5, 0.6) is 0 Å². The number of hydrogen-bond acceptors (Lipinski definition) is 1. The van der Waals surface area contributed by atoms with Gasteiger partial charge in [0.2, 0.25) is 0 Å². The zero-order chi connectivity index (χ0) is 17.4. The minimum atomic E-state index is -1.46. The van der Waals surface area contributed by atoms with Crippen LogP contribution in [0.25, 0.3) is 0 Å². The molecule has 0 atom stereocenters. The molecule has 0 amide bonds. The van der Waals surface area contributed by atoms with E-state index in [0.29, 0.717) is 0 Å². The van der Waals surface area contributed by atoms with Crippen molar-refractivity contribution in [3.05, 3.63) is 11.8 Å². The third-order valence-electron chi connectivity index (χ3n) is 5.91. The Morgan fingerprint density at radius 3 is 1.36 bits per heavy atom. The third-order valence-corrected chi connectivity index (χ3v) is 77.0. The molecule has 1 aliphatic rings. The van der Waals surface area contributed by atoms with Crippen molar-refractivity contribution < 1.29 is 5.11 Å². The molecular formula is C17H40OSi4. The average molecular weight is 373 g/mol. The molecule has 1 nitrogen and oxygen atoms in total. The molecule has 0 spiro atoms. The lowest BCUT2D eigenvalue weighted by Gasteiger charge is -2.56. The van der Waals surface area contributed by atoms with E-state index >= 15 is 0 Å². The molecule has 1 saturated carbocycles. The van der Waals surface area contributed by atoms with Crippen molar-refractivity contribution in [2.24, 2.45) is 0 Å². The summed E-state index contributed by atoms with van der Waals surface area (Å²) in [6.45, 7) is 22.1. The third kappa shape index (κ3) is 3.96. The molecule has 0 bridgehead atoms. The highest BCUT2D eigenvalue weighted by atomic mass is 29.9. The standard InChI is InChI=1S/C17H40OSi4/c1-19(2,3)22(20(4,5)6,21(7,8)9)16-15-17(18)13-11-10-12-14-17/h15-16,18H,10-14H2,1-9H3/b16-15+. The maximum absolute atomic E-state index is 11.0. The smallest absolute Gasteiger partial charge is 0.0823 e. The summed E-state index contributed by atoms with van der Waals surface area (Å²) in [7, 11) is -3.78. The Morgan fingerprint density at radius 1 is 0.682 bits per heavy atom. The molecule has 130 valence electrons. The number of rotatable bonds is 5. The largest absolute Gasteiger partial charge is 0.386 e. The van der Waals surface area contributed by atoms with Gasteiger partial charge in [-0.1, -0.05) is 84.3 Å². The van der Waals surface area contributed by atoms with Crippen LogP contribution in [0.2, 0.25) is 58.9 Å². The van der Waals surface area contributed by atoms with Crippen LogP contribution in [0.3, 0.4) is 0 Å². The van der Waals surface area contributed by atoms with Crippen LogP contribution in [-0.2, 0) is 0 Å². The van der Waals surface area contributed by atoms with E-state index in [1.54, 1.807) is 0 Å². The molecule has 1 fully saturated rings. The summed E-state index contributed by atoms with van der Waals surface area (Å²) in [4.78, 5) is 0. The van der Waals surface area contributed by atoms with E-state index in [2.05, 4.69) is 70.7 Å². The van der Waals surface area contributed by atoms with Crippen LogP contribution >= 0.6 is 0 Å². The zero-order valence-electron chi connectivity index (χ0n) is 16.6. The molecule has 0 aliphatic heterocycles. The number of aliphatic hydroxyl groups is 1. The molecule has 0 saturated heterocycles. The Labute approximate surface area is 143 Å². The van der Waals surface area contributed by atoms with E-state index in [9.17, 15) is 5.11 Å². The normalized spacial score (nSPS) is 21.4. The van der Waals surface area contributed by atoms with Gasteiger partial charge in [-0.3, -0.25) is 0 Å². The molecule has 5 heteroatoms. The fraction of sp³-hybridized carbons (Fsp3) is 0.882. The average Bonchev–Trinajstić information content (AvgIpc) is 2.24. The van der Waals surface area contributed by atoms with Crippen LogP contribution in [-0.4, -0.2) is 40.1 Å². The molecule has 0 unspecified atom stereocenters. The van der Waals surface area contributed by atoms with Gasteiger partial charge in [-0.25, -0.2) is 0 Å². The summed E-state index contributed by atoms with van der Waals surface area (Å²) in [5.74, 6) is 0. The Bertz CT molecular complexity index is 368. The van der Waals surface area contributed by atoms with Gasteiger partial charge >= 0.3 is 0 Å². The van der Waals surface area contributed by atoms with Crippen molar-refractivity contribution in [1.82, 2.24) is 0 Å². The van der Waals surface area contributed by atoms with Crippen molar-refractivity contribution in [2.75, 3.05) is 0 Å². The highest BCUT2D eigenvalue weighted by Gasteiger charge is 2.60. The van der Waals surface area contributed by atoms with Crippen LogP contribution in [0.4, 0.5) is 0 Å². The van der Waals surface area contributed by atoms with Crippen LogP contribution in [0, 0.1) is 0 Å². The van der Waals surface area contributed by atoms with Crippen molar-refractivity contribution in [3.8, 4) is 0 Å². The molecule has 0 radical (unpaired) electrons. The topological polar surface area (TPSA) is 20.2 Å². The van der Waals surface area contributed by atoms with E-state index in [1.165, 1.54) is 19.3 Å². The second-order valence-corrected chi connectivity index (χ2v) is 51.1. The minimum absolute atomic E-state index is 0.491. The predicted molar refractivity (Wildman–Crippen MR) is 113 cm³/mol. The Kier molecular flexibility index (Phi) is 6.06. The summed E-state index contributed by atoms with van der Waals surface area (Å²) in [6, 6.07) is 0. The zero-order valence-corrected chi connectivity index (χ0v) is 20.6. The fourth-order valence-corrected chi connectivity index (χ4v) is 101. The molecule has 0 aromatic heterocycles. The minimum Gasteiger partial charge on any atom is -0.386 e. The number of hydrogen-bond donors (Lipinski definition) is 1. The summed E-state index contributed by atoms with van der Waals surface area (Å²) in [5, 5.41) is 11.0. The van der Waals surface area contributed by atoms with Gasteiger partial charge in [0, 0.05) is 22.8 Å². The summed E-state index contributed by atoms with van der Waals surface area (Å²) < 4.78 is 0. The molecular weight excluding hydrogens is 333 g/mol. The lowest BCUT2D eigenvalue weighted by atomic mass is 9.85. The second kappa shape index (κ2) is 6.46. The molecule has 0 aromatic rings. The Balaban J connectivity index is 3.38. The molecule has 1 aliphatic carbocycles. The lowest BCUT2D eigenvalue weighted by Crippen LogP contribution is -2.82. The van der Waals surface area contributed by atoms with E-state index in [-0.39, 0.29) is 0 Å². The monoisotopic (exact) mass is 372 g/mol. The fourth-order valence-electron chi connectivity index (χ4n) is 5.74. The van der Waals surface area contributed by atoms with Crippen LogP contribution < -0.4 is 0 Å². The first kappa shape index (κ1) is 20.6. The van der Waals surface area contributed by atoms with Gasteiger partial charge < -0.3 is 5.11 Å². The van der Waals surface area contributed by atoms with E-state index in [0.717, 1.165) is 12.8 Å². The van der Waals surface area contributed by atoms with E-state index in [4.69, 9.17) is 0 Å². The van der Waals surface area contributed by atoms with Gasteiger partial charge in [0.15, 0.2) is 0 Å². The predicted octanol–water partition coefficient (Wildman–Crippen LogP) is 5.48. The highest BCUT2D eigenvalue weighted by molar-refractivity contribution is 7.90. The van der Waals surface area contributed by atoms with Crippen molar-refractivity contribution >= 4 is 29.4 Å². The molecule has 1 rings (SSSR count). The Morgan fingerprint density at radius 2 is 1.05 bits per heavy atom.